The Bertz CT molecular complexity index is 622. The van der Waals surface area contributed by atoms with Crippen LogP contribution in [0.3, 0.4) is 0 Å². The van der Waals surface area contributed by atoms with Gasteiger partial charge in [0.25, 0.3) is 0 Å². The minimum absolute atomic E-state index is 0.0455. The van der Waals surface area contributed by atoms with Gasteiger partial charge in [0, 0.05) is 19.7 Å². The summed E-state index contributed by atoms with van der Waals surface area (Å²) in [6, 6.07) is 0. The van der Waals surface area contributed by atoms with E-state index in [9.17, 15) is 9.59 Å². The number of ether oxygens (including phenoxy) is 2. The predicted octanol–water partition coefficient (Wildman–Crippen LogP) is 11.5. The molecule has 2 atom stereocenters. The van der Waals surface area contributed by atoms with Gasteiger partial charge in [-0.1, -0.05) is 142 Å². The molecule has 0 aromatic heterocycles. The smallest absolute Gasteiger partial charge is 0.307 e. The van der Waals surface area contributed by atoms with E-state index >= 15 is 0 Å². The molecule has 0 heterocycles. The van der Waals surface area contributed by atoms with E-state index in [0.29, 0.717) is 25.9 Å². The highest BCUT2D eigenvalue weighted by Crippen LogP contribution is 2.15. The van der Waals surface area contributed by atoms with E-state index in [4.69, 9.17) is 14.6 Å². The maximum absolute atomic E-state index is 12.6. The summed E-state index contributed by atoms with van der Waals surface area (Å²) in [5.74, 6) is -0.298. The van der Waals surface area contributed by atoms with E-state index in [1.54, 1.807) is 0 Å². The average Bonchev–Trinajstić information content (AvgIpc) is 3.05. The van der Waals surface area contributed by atoms with Gasteiger partial charge in [0.1, 0.15) is 0 Å². The van der Waals surface area contributed by atoms with Crippen LogP contribution in [0.15, 0.2) is 0 Å². The molecule has 0 aromatic rings. The number of hydrogen-bond acceptors (Lipinski definition) is 6. The zero-order valence-electron chi connectivity index (χ0n) is 32.0. The van der Waals surface area contributed by atoms with Crippen LogP contribution < -0.4 is 0 Å². The van der Waals surface area contributed by atoms with Gasteiger partial charge < -0.3 is 19.5 Å². The first-order chi connectivity index (χ1) is 22.9. The number of unbranched alkanes of at least 4 members (excludes halogenated alkanes) is 22. The lowest BCUT2D eigenvalue weighted by atomic mass is 10.0. The molecule has 47 heavy (non-hydrogen) atoms. The third-order valence-corrected chi connectivity index (χ3v) is 9.49. The minimum atomic E-state index is -0.149. The lowest BCUT2D eigenvalue weighted by Crippen LogP contribution is -2.31. The minimum Gasteiger partial charge on any atom is -0.463 e. The summed E-state index contributed by atoms with van der Waals surface area (Å²) in [5.41, 5.74) is 0. The van der Waals surface area contributed by atoms with E-state index in [2.05, 4.69) is 18.7 Å². The van der Waals surface area contributed by atoms with Crippen LogP contribution in [0.1, 0.15) is 214 Å². The Kier molecular flexibility index (Phi) is 35.3. The highest BCUT2D eigenvalue weighted by Gasteiger charge is 2.15. The molecule has 1 N–H and O–H groups in total. The topological polar surface area (TPSA) is 76.1 Å². The van der Waals surface area contributed by atoms with Crippen LogP contribution in [0.25, 0.3) is 0 Å². The lowest BCUT2D eigenvalue weighted by Gasteiger charge is -2.22. The first-order valence-electron chi connectivity index (χ1n) is 20.6. The van der Waals surface area contributed by atoms with E-state index in [-0.39, 0.29) is 30.8 Å². The summed E-state index contributed by atoms with van der Waals surface area (Å²) in [4.78, 5) is 27.4. The van der Waals surface area contributed by atoms with Gasteiger partial charge in [0.2, 0.25) is 0 Å². The van der Waals surface area contributed by atoms with Crippen molar-refractivity contribution in [1.29, 1.82) is 0 Å². The van der Waals surface area contributed by atoms with E-state index < -0.39 is 0 Å². The maximum Gasteiger partial charge on any atom is 0.307 e. The summed E-state index contributed by atoms with van der Waals surface area (Å²) in [5, 5.41) is 9.13. The monoisotopic (exact) mass is 668 g/mol. The van der Waals surface area contributed by atoms with E-state index in [1.807, 2.05) is 13.8 Å². The summed E-state index contributed by atoms with van der Waals surface area (Å²) < 4.78 is 11.4. The standard InChI is InChI=1S/C41H81NO5/c1-5-7-9-11-13-15-17-19-21-23-26-30-38(3)46-40(44)32-35-42(34-28-25-29-37-43)36-33-41(45)47-39(4)31-27-24-22-20-18-16-14-12-10-8-6-2/h38-39,43H,5-37H2,1-4H3. The molecule has 0 fully saturated rings. The average molecular weight is 668 g/mol. The van der Waals surface area contributed by atoms with Gasteiger partial charge in [-0.05, 0) is 65.3 Å². The van der Waals surface area contributed by atoms with Crippen LogP contribution in [0, 0.1) is 0 Å². The van der Waals surface area contributed by atoms with Crippen LogP contribution in [-0.2, 0) is 19.1 Å². The molecule has 0 aromatic carbocycles. The fourth-order valence-corrected chi connectivity index (χ4v) is 6.33. The molecule has 0 aliphatic rings. The first kappa shape index (κ1) is 45.9. The van der Waals surface area contributed by atoms with Gasteiger partial charge in [-0.15, -0.1) is 0 Å². The molecular formula is C41H81NO5. The van der Waals surface area contributed by atoms with Crippen molar-refractivity contribution in [3.05, 3.63) is 0 Å². The number of carbonyl (C=O) groups is 2. The van der Waals surface area contributed by atoms with Crippen LogP contribution in [-0.4, -0.2) is 60.4 Å². The molecule has 6 nitrogen and oxygen atoms in total. The van der Waals surface area contributed by atoms with Gasteiger partial charge in [0.15, 0.2) is 0 Å². The second-order valence-corrected chi connectivity index (χ2v) is 14.4. The number of esters is 2. The Balaban J connectivity index is 4.10. The predicted molar refractivity (Wildman–Crippen MR) is 200 cm³/mol. The van der Waals surface area contributed by atoms with Gasteiger partial charge >= 0.3 is 11.9 Å². The summed E-state index contributed by atoms with van der Waals surface area (Å²) >= 11 is 0. The van der Waals surface area contributed by atoms with Crippen LogP contribution in [0.5, 0.6) is 0 Å². The molecule has 0 saturated heterocycles. The molecule has 2 unspecified atom stereocenters. The Hall–Kier alpha value is -1.14. The summed E-state index contributed by atoms with van der Waals surface area (Å²) in [6.07, 6.45) is 34.1. The largest absolute Gasteiger partial charge is 0.463 e. The normalized spacial score (nSPS) is 12.8. The molecule has 0 spiro atoms. The van der Waals surface area contributed by atoms with Gasteiger partial charge in [0.05, 0.1) is 25.0 Å². The summed E-state index contributed by atoms with van der Waals surface area (Å²) in [7, 11) is 0. The van der Waals surface area contributed by atoms with Crippen LogP contribution in [0.2, 0.25) is 0 Å². The van der Waals surface area contributed by atoms with Crippen molar-refractivity contribution >= 4 is 11.9 Å². The molecule has 0 aliphatic heterocycles. The quantitative estimate of drug-likeness (QED) is 0.0525. The fraction of sp³-hybridized carbons (Fsp3) is 0.951. The Morgan fingerprint density at radius 2 is 0.787 bits per heavy atom. The maximum atomic E-state index is 12.6. The van der Waals surface area contributed by atoms with Crippen molar-refractivity contribution in [2.45, 2.75) is 226 Å². The molecule has 0 radical (unpaired) electrons. The van der Waals surface area contributed by atoms with Crippen molar-refractivity contribution in [1.82, 2.24) is 4.90 Å². The molecule has 0 bridgehead atoms. The van der Waals surface area contributed by atoms with Crippen molar-refractivity contribution in [2.24, 2.45) is 0 Å². The first-order valence-corrected chi connectivity index (χ1v) is 20.6. The van der Waals surface area contributed by atoms with Gasteiger partial charge in [-0.2, -0.15) is 0 Å². The van der Waals surface area contributed by atoms with E-state index in [1.165, 1.54) is 128 Å². The number of rotatable bonds is 37. The number of hydrogen-bond donors (Lipinski definition) is 1. The van der Waals surface area contributed by atoms with Crippen LogP contribution in [0.4, 0.5) is 0 Å². The fourth-order valence-electron chi connectivity index (χ4n) is 6.33. The second-order valence-electron chi connectivity index (χ2n) is 14.4. The zero-order valence-corrected chi connectivity index (χ0v) is 32.0. The zero-order chi connectivity index (χ0) is 34.6. The Morgan fingerprint density at radius 3 is 1.13 bits per heavy atom. The second kappa shape index (κ2) is 36.1. The third-order valence-electron chi connectivity index (χ3n) is 9.49. The molecule has 0 saturated carbocycles. The van der Waals surface area contributed by atoms with Crippen molar-refractivity contribution in [2.75, 3.05) is 26.2 Å². The molecule has 0 amide bonds. The third kappa shape index (κ3) is 34.5. The van der Waals surface area contributed by atoms with Crippen molar-refractivity contribution < 1.29 is 24.2 Å². The van der Waals surface area contributed by atoms with Crippen molar-refractivity contribution in [3.8, 4) is 0 Å². The molecule has 0 aliphatic carbocycles. The number of nitrogens with zero attached hydrogens (tertiary/aromatic N) is 1. The molecular weight excluding hydrogens is 586 g/mol. The van der Waals surface area contributed by atoms with Gasteiger partial charge in [-0.3, -0.25) is 9.59 Å². The van der Waals surface area contributed by atoms with Crippen molar-refractivity contribution in [3.63, 3.8) is 0 Å². The number of carbonyl (C=O) groups excluding carboxylic acids is 2. The number of aliphatic hydroxyl groups excluding tert-OH is 1. The van der Waals surface area contributed by atoms with Crippen LogP contribution >= 0.6 is 0 Å². The Morgan fingerprint density at radius 1 is 0.468 bits per heavy atom. The SMILES string of the molecule is CCCCCCCCCCCCCC(C)OC(=O)CCN(CCCCCO)CCC(=O)OC(C)CCCCCCCCCCCCC. The molecule has 0 rings (SSSR count). The van der Waals surface area contributed by atoms with E-state index in [0.717, 1.165) is 51.5 Å². The molecule has 280 valence electrons. The number of aliphatic hydroxyl groups is 1. The Labute approximate surface area is 292 Å². The molecule has 6 heteroatoms. The highest BCUT2D eigenvalue weighted by molar-refractivity contribution is 5.70. The summed E-state index contributed by atoms with van der Waals surface area (Å²) in [6.45, 7) is 10.7. The highest BCUT2D eigenvalue weighted by atomic mass is 16.5. The lowest BCUT2D eigenvalue weighted by molar-refractivity contribution is -0.149. The van der Waals surface area contributed by atoms with Gasteiger partial charge in [-0.25, -0.2) is 0 Å².